The first-order chi connectivity index (χ1) is 8.15. The molecule has 0 saturated heterocycles. The molecule has 0 amide bonds. The second kappa shape index (κ2) is 7.40. The topological polar surface area (TPSA) is 65.2 Å². The number of ether oxygens (including phenoxy) is 1. The molecule has 96 valence electrons. The number of aromatic nitrogens is 1. The number of hydrogen-bond acceptors (Lipinski definition) is 5. The van der Waals surface area contributed by atoms with Gasteiger partial charge in [-0.25, -0.2) is 9.78 Å². The first-order valence-electron chi connectivity index (χ1n) is 6.03. The summed E-state index contributed by atoms with van der Waals surface area (Å²) in [5, 5.41) is 2.47. The molecular formula is C12H20N2O2S. The van der Waals surface area contributed by atoms with Crippen LogP contribution < -0.4 is 5.73 Å². The third-order valence-corrected chi connectivity index (χ3v) is 3.40. The average molecular weight is 256 g/mol. The molecular weight excluding hydrogens is 236 g/mol. The standard InChI is InChI=1S/C12H20N2O2S/c1-3-4-5-6-7-16-12(15)10-8-17-11(14-10)9(2)13/h8-9H,3-7,13H2,1-2H3. The fourth-order valence-electron chi connectivity index (χ4n) is 1.36. The molecule has 0 spiro atoms. The molecule has 0 aliphatic carbocycles. The van der Waals surface area contributed by atoms with Gasteiger partial charge < -0.3 is 10.5 Å². The van der Waals surface area contributed by atoms with Crippen molar-refractivity contribution in [3.8, 4) is 0 Å². The summed E-state index contributed by atoms with van der Waals surface area (Å²) in [6.45, 7) is 4.47. The van der Waals surface area contributed by atoms with E-state index >= 15 is 0 Å². The third-order valence-electron chi connectivity index (χ3n) is 2.35. The lowest BCUT2D eigenvalue weighted by Crippen LogP contribution is -2.09. The van der Waals surface area contributed by atoms with Gasteiger partial charge in [0.2, 0.25) is 0 Å². The van der Waals surface area contributed by atoms with Crippen LogP contribution in [0.4, 0.5) is 0 Å². The van der Waals surface area contributed by atoms with Crippen LogP contribution in [0.2, 0.25) is 0 Å². The molecule has 0 aromatic carbocycles. The Bertz CT molecular complexity index is 350. The second-order valence-electron chi connectivity index (χ2n) is 4.06. The zero-order chi connectivity index (χ0) is 12.7. The maximum atomic E-state index is 11.6. The highest BCUT2D eigenvalue weighted by Gasteiger charge is 2.13. The molecule has 0 fully saturated rings. The third kappa shape index (κ3) is 4.83. The van der Waals surface area contributed by atoms with Gasteiger partial charge in [0.1, 0.15) is 5.01 Å². The van der Waals surface area contributed by atoms with E-state index < -0.39 is 0 Å². The Kier molecular flexibility index (Phi) is 6.15. The average Bonchev–Trinajstić information content (AvgIpc) is 2.78. The Morgan fingerprint density at radius 2 is 2.29 bits per heavy atom. The number of carbonyl (C=O) groups is 1. The first kappa shape index (κ1) is 14.1. The van der Waals surface area contributed by atoms with Crippen molar-refractivity contribution in [3.63, 3.8) is 0 Å². The summed E-state index contributed by atoms with van der Waals surface area (Å²) in [4.78, 5) is 15.7. The van der Waals surface area contributed by atoms with Gasteiger partial charge in [-0.1, -0.05) is 26.2 Å². The molecule has 0 bridgehead atoms. The van der Waals surface area contributed by atoms with Crippen molar-refractivity contribution >= 4 is 17.3 Å². The van der Waals surface area contributed by atoms with Gasteiger partial charge in [0, 0.05) is 5.38 Å². The molecule has 2 N–H and O–H groups in total. The summed E-state index contributed by atoms with van der Waals surface area (Å²) < 4.78 is 5.13. The van der Waals surface area contributed by atoms with Crippen molar-refractivity contribution in [2.24, 2.45) is 5.73 Å². The van der Waals surface area contributed by atoms with Crippen molar-refractivity contribution in [2.75, 3.05) is 6.61 Å². The van der Waals surface area contributed by atoms with Gasteiger partial charge in [-0.2, -0.15) is 0 Å². The number of thiazole rings is 1. The van der Waals surface area contributed by atoms with Crippen LogP contribution in [-0.2, 0) is 4.74 Å². The summed E-state index contributed by atoms with van der Waals surface area (Å²) in [6.07, 6.45) is 4.39. The van der Waals surface area contributed by atoms with E-state index in [-0.39, 0.29) is 12.0 Å². The Labute approximate surface area is 106 Å². The molecule has 5 heteroatoms. The number of carbonyl (C=O) groups excluding carboxylic acids is 1. The van der Waals surface area contributed by atoms with Gasteiger partial charge in [-0.15, -0.1) is 11.3 Å². The molecule has 0 aliphatic rings. The van der Waals surface area contributed by atoms with Crippen molar-refractivity contribution in [2.45, 2.75) is 45.6 Å². The van der Waals surface area contributed by atoms with E-state index in [4.69, 9.17) is 10.5 Å². The van der Waals surface area contributed by atoms with Gasteiger partial charge in [-0.3, -0.25) is 0 Å². The first-order valence-corrected chi connectivity index (χ1v) is 6.91. The van der Waals surface area contributed by atoms with E-state index in [1.165, 1.54) is 24.2 Å². The molecule has 1 aromatic heterocycles. The number of nitrogens with zero attached hydrogens (tertiary/aromatic N) is 1. The van der Waals surface area contributed by atoms with Crippen LogP contribution in [-0.4, -0.2) is 17.6 Å². The number of hydrogen-bond donors (Lipinski definition) is 1. The van der Waals surface area contributed by atoms with E-state index in [2.05, 4.69) is 11.9 Å². The van der Waals surface area contributed by atoms with Crippen LogP contribution in [0.15, 0.2) is 5.38 Å². The van der Waals surface area contributed by atoms with Gasteiger partial charge in [0.25, 0.3) is 0 Å². The van der Waals surface area contributed by atoms with Gasteiger partial charge in [-0.05, 0) is 13.3 Å². The Morgan fingerprint density at radius 1 is 1.53 bits per heavy atom. The molecule has 1 atom stereocenters. The minimum Gasteiger partial charge on any atom is -0.461 e. The largest absolute Gasteiger partial charge is 0.461 e. The molecule has 17 heavy (non-hydrogen) atoms. The maximum absolute atomic E-state index is 11.6. The van der Waals surface area contributed by atoms with Crippen LogP contribution in [0, 0.1) is 0 Å². The zero-order valence-electron chi connectivity index (χ0n) is 10.4. The highest BCUT2D eigenvalue weighted by atomic mass is 32.1. The highest BCUT2D eigenvalue weighted by Crippen LogP contribution is 2.16. The zero-order valence-corrected chi connectivity index (χ0v) is 11.3. The molecule has 0 saturated carbocycles. The van der Waals surface area contributed by atoms with Crippen LogP contribution in [0.1, 0.15) is 61.1 Å². The number of esters is 1. The van der Waals surface area contributed by atoms with E-state index in [1.54, 1.807) is 5.38 Å². The molecule has 1 aromatic rings. The summed E-state index contributed by atoms with van der Waals surface area (Å²) in [7, 11) is 0. The van der Waals surface area contributed by atoms with E-state index in [9.17, 15) is 4.79 Å². The summed E-state index contributed by atoms with van der Waals surface area (Å²) in [5.74, 6) is -0.343. The monoisotopic (exact) mass is 256 g/mol. The van der Waals surface area contributed by atoms with Crippen LogP contribution >= 0.6 is 11.3 Å². The number of rotatable bonds is 7. The molecule has 0 aliphatic heterocycles. The van der Waals surface area contributed by atoms with Crippen LogP contribution in [0.25, 0.3) is 0 Å². The summed E-state index contributed by atoms with van der Waals surface area (Å²) in [5.41, 5.74) is 6.05. The van der Waals surface area contributed by atoms with Crippen LogP contribution in [0.5, 0.6) is 0 Å². The van der Waals surface area contributed by atoms with Crippen molar-refractivity contribution in [1.29, 1.82) is 0 Å². The lowest BCUT2D eigenvalue weighted by molar-refractivity contribution is 0.0491. The Morgan fingerprint density at radius 3 is 2.88 bits per heavy atom. The minimum atomic E-state index is -0.343. The predicted molar refractivity (Wildman–Crippen MR) is 69.1 cm³/mol. The smallest absolute Gasteiger partial charge is 0.357 e. The normalized spacial score (nSPS) is 12.4. The Balaban J connectivity index is 2.31. The predicted octanol–water partition coefficient (Wildman–Crippen LogP) is 2.90. The highest BCUT2D eigenvalue weighted by molar-refractivity contribution is 7.09. The fourth-order valence-corrected chi connectivity index (χ4v) is 2.11. The second-order valence-corrected chi connectivity index (χ2v) is 4.95. The van der Waals surface area contributed by atoms with Crippen molar-refractivity contribution in [3.05, 3.63) is 16.1 Å². The number of nitrogens with two attached hydrogens (primary N) is 1. The summed E-state index contributed by atoms with van der Waals surface area (Å²) in [6, 6.07) is -0.133. The minimum absolute atomic E-state index is 0.133. The molecule has 1 heterocycles. The lowest BCUT2D eigenvalue weighted by Gasteiger charge is -2.02. The SMILES string of the molecule is CCCCCCOC(=O)c1csc(C(C)N)n1. The fraction of sp³-hybridized carbons (Fsp3) is 0.667. The quantitative estimate of drug-likeness (QED) is 0.601. The van der Waals surface area contributed by atoms with E-state index in [1.807, 2.05) is 6.92 Å². The van der Waals surface area contributed by atoms with E-state index in [0.717, 1.165) is 17.8 Å². The number of unbranched alkanes of at least 4 members (excludes halogenated alkanes) is 3. The Hall–Kier alpha value is -0.940. The molecule has 4 nitrogen and oxygen atoms in total. The molecule has 1 unspecified atom stereocenters. The van der Waals surface area contributed by atoms with Gasteiger partial charge >= 0.3 is 5.97 Å². The van der Waals surface area contributed by atoms with Gasteiger partial charge in [0.15, 0.2) is 5.69 Å². The van der Waals surface area contributed by atoms with Crippen LogP contribution in [0.3, 0.4) is 0 Å². The van der Waals surface area contributed by atoms with Crippen molar-refractivity contribution in [1.82, 2.24) is 4.98 Å². The van der Waals surface area contributed by atoms with Gasteiger partial charge in [0.05, 0.1) is 12.6 Å². The van der Waals surface area contributed by atoms with Crippen molar-refractivity contribution < 1.29 is 9.53 Å². The summed E-state index contributed by atoms with van der Waals surface area (Å²) >= 11 is 1.40. The maximum Gasteiger partial charge on any atom is 0.357 e. The van der Waals surface area contributed by atoms with E-state index in [0.29, 0.717) is 12.3 Å². The molecule has 1 rings (SSSR count). The molecule has 0 radical (unpaired) electrons. The lowest BCUT2D eigenvalue weighted by atomic mass is 10.2.